The molecule has 0 saturated carbocycles. The first-order chi connectivity index (χ1) is 8.20. The van der Waals surface area contributed by atoms with Crippen molar-refractivity contribution in [1.29, 1.82) is 0 Å². The Morgan fingerprint density at radius 1 is 1.41 bits per heavy atom. The molecule has 0 bridgehead atoms. The zero-order valence-electron chi connectivity index (χ0n) is 9.72. The Morgan fingerprint density at radius 2 is 2.24 bits per heavy atom. The predicted molar refractivity (Wildman–Crippen MR) is 65.4 cm³/mol. The van der Waals surface area contributed by atoms with E-state index in [1.54, 1.807) is 0 Å². The van der Waals surface area contributed by atoms with Gasteiger partial charge in [-0.3, -0.25) is 4.79 Å². The quantitative estimate of drug-likeness (QED) is 0.863. The number of benzene rings is 1. The van der Waals surface area contributed by atoms with Crippen LogP contribution in [0.25, 0.3) is 10.9 Å². The Morgan fingerprint density at radius 3 is 2.94 bits per heavy atom. The highest BCUT2D eigenvalue weighted by atomic mass is 16.5. The van der Waals surface area contributed by atoms with E-state index in [1.807, 2.05) is 42.0 Å². The normalized spacial score (nSPS) is 10.6. The topological polar surface area (TPSA) is 51.5 Å². The number of nitrogens with zero attached hydrogens (tertiary/aromatic N) is 1. The molecule has 1 aromatic heterocycles. The summed E-state index contributed by atoms with van der Waals surface area (Å²) in [7, 11) is 0. The SMILES string of the molecule is CCOc1ccc2c(ccn2CCC(=O)O)c1. The smallest absolute Gasteiger partial charge is 0.305 e. The molecule has 4 heteroatoms. The molecule has 1 N–H and O–H groups in total. The summed E-state index contributed by atoms with van der Waals surface area (Å²) in [6.07, 6.45) is 2.04. The second kappa shape index (κ2) is 4.91. The Kier molecular flexibility index (Phi) is 3.32. The molecule has 0 fully saturated rings. The summed E-state index contributed by atoms with van der Waals surface area (Å²) in [5.74, 6) is 0.0637. The van der Waals surface area contributed by atoms with Crippen LogP contribution in [0.1, 0.15) is 13.3 Å². The largest absolute Gasteiger partial charge is 0.494 e. The molecule has 0 unspecified atom stereocenters. The average Bonchev–Trinajstić information content (AvgIpc) is 2.69. The Labute approximate surface area is 99.4 Å². The molecule has 0 aliphatic carbocycles. The number of aryl methyl sites for hydroxylation is 1. The Bertz CT molecular complexity index is 530. The van der Waals surface area contributed by atoms with Crippen molar-refractivity contribution in [2.45, 2.75) is 19.9 Å². The fourth-order valence-corrected chi connectivity index (χ4v) is 1.85. The van der Waals surface area contributed by atoms with Gasteiger partial charge < -0.3 is 14.4 Å². The van der Waals surface area contributed by atoms with E-state index >= 15 is 0 Å². The van der Waals surface area contributed by atoms with Crippen molar-refractivity contribution >= 4 is 16.9 Å². The number of aromatic nitrogens is 1. The van der Waals surface area contributed by atoms with Gasteiger partial charge in [0.25, 0.3) is 0 Å². The van der Waals surface area contributed by atoms with Gasteiger partial charge in [-0.2, -0.15) is 0 Å². The lowest BCUT2D eigenvalue weighted by molar-refractivity contribution is -0.137. The van der Waals surface area contributed by atoms with Gasteiger partial charge in [0.05, 0.1) is 13.0 Å². The van der Waals surface area contributed by atoms with Gasteiger partial charge >= 0.3 is 5.97 Å². The highest BCUT2D eigenvalue weighted by molar-refractivity contribution is 5.81. The minimum absolute atomic E-state index is 0.136. The Hall–Kier alpha value is -1.97. The van der Waals surface area contributed by atoms with Crippen LogP contribution in [0.4, 0.5) is 0 Å². The standard InChI is InChI=1S/C13H15NO3/c1-2-17-11-3-4-12-10(9-11)5-7-14(12)8-6-13(15)16/h3-5,7,9H,2,6,8H2,1H3,(H,15,16). The van der Waals surface area contributed by atoms with Crippen molar-refractivity contribution in [3.8, 4) is 5.75 Å². The summed E-state index contributed by atoms with van der Waals surface area (Å²) in [6.45, 7) is 3.08. The summed E-state index contributed by atoms with van der Waals surface area (Å²) < 4.78 is 7.36. The van der Waals surface area contributed by atoms with Crippen LogP contribution >= 0.6 is 0 Å². The van der Waals surface area contributed by atoms with E-state index in [-0.39, 0.29) is 6.42 Å². The van der Waals surface area contributed by atoms with Crippen molar-refractivity contribution in [3.63, 3.8) is 0 Å². The molecule has 0 aliphatic heterocycles. The number of carboxylic acid groups (broad SMARTS) is 1. The molecular weight excluding hydrogens is 218 g/mol. The molecular formula is C13H15NO3. The molecule has 17 heavy (non-hydrogen) atoms. The number of fused-ring (bicyclic) bond motifs is 1. The molecule has 0 saturated heterocycles. The van der Waals surface area contributed by atoms with Crippen LogP contribution in [0, 0.1) is 0 Å². The minimum Gasteiger partial charge on any atom is -0.494 e. The molecule has 4 nitrogen and oxygen atoms in total. The lowest BCUT2D eigenvalue weighted by Crippen LogP contribution is -2.03. The van der Waals surface area contributed by atoms with Crippen LogP contribution < -0.4 is 4.74 Å². The van der Waals surface area contributed by atoms with Gasteiger partial charge in [-0.1, -0.05) is 0 Å². The number of aliphatic carboxylic acids is 1. The van der Waals surface area contributed by atoms with Crippen LogP contribution in [0.2, 0.25) is 0 Å². The minimum atomic E-state index is -0.780. The second-order valence-corrected chi connectivity index (χ2v) is 3.81. The number of hydrogen-bond acceptors (Lipinski definition) is 2. The van der Waals surface area contributed by atoms with Gasteiger partial charge in [0, 0.05) is 23.6 Å². The fourth-order valence-electron chi connectivity index (χ4n) is 1.85. The summed E-state index contributed by atoms with van der Waals surface area (Å²) >= 11 is 0. The third kappa shape index (κ3) is 2.58. The lowest BCUT2D eigenvalue weighted by Gasteiger charge is -2.05. The van der Waals surface area contributed by atoms with Crippen LogP contribution in [0.3, 0.4) is 0 Å². The van der Waals surface area contributed by atoms with Gasteiger partial charge in [0.15, 0.2) is 0 Å². The number of carboxylic acids is 1. The number of ether oxygens (including phenoxy) is 1. The third-order valence-electron chi connectivity index (χ3n) is 2.62. The predicted octanol–water partition coefficient (Wildman–Crippen LogP) is 2.51. The van der Waals surface area contributed by atoms with E-state index in [0.29, 0.717) is 13.2 Å². The van der Waals surface area contributed by atoms with Crippen molar-refractivity contribution in [2.75, 3.05) is 6.61 Å². The highest BCUT2D eigenvalue weighted by Crippen LogP contribution is 2.22. The van der Waals surface area contributed by atoms with E-state index < -0.39 is 5.97 Å². The van der Waals surface area contributed by atoms with Crippen molar-refractivity contribution in [1.82, 2.24) is 4.57 Å². The van der Waals surface area contributed by atoms with Crippen molar-refractivity contribution in [2.24, 2.45) is 0 Å². The summed E-state index contributed by atoms with van der Waals surface area (Å²) in [5.41, 5.74) is 1.04. The molecule has 2 rings (SSSR count). The molecule has 1 heterocycles. The van der Waals surface area contributed by atoms with Crippen LogP contribution in [0.15, 0.2) is 30.5 Å². The summed E-state index contributed by atoms with van der Waals surface area (Å²) in [5, 5.41) is 9.74. The van der Waals surface area contributed by atoms with E-state index in [4.69, 9.17) is 9.84 Å². The zero-order chi connectivity index (χ0) is 12.3. The van der Waals surface area contributed by atoms with E-state index in [1.165, 1.54) is 0 Å². The molecule has 90 valence electrons. The van der Waals surface area contributed by atoms with Gasteiger partial charge in [-0.25, -0.2) is 0 Å². The van der Waals surface area contributed by atoms with E-state index in [9.17, 15) is 4.79 Å². The van der Waals surface area contributed by atoms with Crippen LogP contribution in [0.5, 0.6) is 5.75 Å². The van der Waals surface area contributed by atoms with Crippen molar-refractivity contribution in [3.05, 3.63) is 30.5 Å². The van der Waals surface area contributed by atoms with Gasteiger partial charge in [-0.15, -0.1) is 0 Å². The van der Waals surface area contributed by atoms with E-state index in [2.05, 4.69) is 0 Å². The summed E-state index contributed by atoms with van der Waals surface area (Å²) in [6, 6.07) is 7.81. The van der Waals surface area contributed by atoms with E-state index in [0.717, 1.165) is 16.7 Å². The fraction of sp³-hybridized carbons (Fsp3) is 0.308. The molecule has 0 spiro atoms. The molecule has 2 aromatic rings. The number of hydrogen-bond donors (Lipinski definition) is 1. The first-order valence-corrected chi connectivity index (χ1v) is 5.64. The van der Waals surface area contributed by atoms with Gasteiger partial charge in [-0.05, 0) is 31.2 Å². The van der Waals surface area contributed by atoms with Gasteiger partial charge in [0.1, 0.15) is 5.75 Å². The molecule has 0 amide bonds. The van der Waals surface area contributed by atoms with Crippen LogP contribution in [-0.2, 0) is 11.3 Å². The maximum Gasteiger partial charge on any atom is 0.305 e. The second-order valence-electron chi connectivity index (χ2n) is 3.81. The molecule has 0 atom stereocenters. The van der Waals surface area contributed by atoms with Gasteiger partial charge in [0.2, 0.25) is 0 Å². The molecule has 0 radical (unpaired) electrons. The molecule has 1 aromatic carbocycles. The molecule has 0 aliphatic rings. The zero-order valence-corrected chi connectivity index (χ0v) is 9.72. The first-order valence-electron chi connectivity index (χ1n) is 5.64. The Balaban J connectivity index is 2.25. The highest BCUT2D eigenvalue weighted by Gasteiger charge is 2.04. The first kappa shape index (κ1) is 11.5. The lowest BCUT2D eigenvalue weighted by atomic mass is 10.2. The maximum absolute atomic E-state index is 10.5. The third-order valence-corrected chi connectivity index (χ3v) is 2.62. The average molecular weight is 233 g/mol. The maximum atomic E-state index is 10.5. The summed E-state index contributed by atoms with van der Waals surface area (Å²) in [4.78, 5) is 10.5. The van der Waals surface area contributed by atoms with Crippen molar-refractivity contribution < 1.29 is 14.6 Å². The number of rotatable bonds is 5. The number of carbonyl (C=O) groups is 1. The van der Waals surface area contributed by atoms with Crippen LogP contribution in [-0.4, -0.2) is 22.2 Å². The monoisotopic (exact) mass is 233 g/mol.